The largest absolute Gasteiger partial charge is 0.481 e. The molecule has 2 atom stereocenters. The van der Waals surface area contributed by atoms with Crippen molar-refractivity contribution in [3.05, 3.63) is 36.5 Å². The number of ether oxygens (including phenoxy) is 1. The average molecular weight is 392 g/mol. The highest BCUT2D eigenvalue weighted by atomic mass is 19.1. The second-order valence-electron chi connectivity index (χ2n) is 6.55. The summed E-state index contributed by atoms with van der Waals surface area (Å²) >= 11 is 0. The first-order valence-corrected chi connectivity index (χ1v) is 8.62. The molecule has 2 rings (SSSR count). The number of aromatic nitrogens is 1. The van der Waals surface area contributed by atoms with Crippen molar-refractivity contribution in [1.29, 1.82) is 0 Å². The molecule has 0 saturated carbocycles. The van der Waals surface area contributed by atoms with Crippen molar-refractivity contribution in [2.75, 3.05) is 6.67 Å². The van der Waals surface area contributed by atoms with Crippen LogP contribution in [0.25, 0.3) is 10.9 Å². The molecule has 0 aliphatic carbocycles. The second-order valence-corrected chi connectivity index (χ2v) is 6.55. The van der Waals surface area contributed by atoms with Crippen LogP contribution in [-0.4, -0.2) is 52.2 Å². The molecule has 1 heterocycles. The molecule has 0 aliphatic heterocycles. The van der Waals surface area contributed by atoms with E-state index in [-0.39, 0.29) is 0 Å². The molecule has 1 unspecified atom stereocenters. The fourth-order valence-electron chi connectivity index (χ4n) is 2.67. The molecule has 0 spiro atoms. The number of aliphatic carboxylic acids is 1. The maximum Gasteiger partial charge on any atom is 0.419 e. The van der Waals surface area contributed by atoms with Crippen molar-refractivity contribution >= 4 is 34.7 Å². The molecule has 1 aromatic carbocycles. The molecule has 0 fully saturated rings. The maximum absolute atomic E-state index is 12.7. The number of carboxylic acids is 1. The molecule has 0 aliphatic rings. The summed E-state index contributed by atoms with van der Waals surface area (Å²) in [5.41, 5.74) is 0.590. The highest BCUT2D eigenvalue weighted by molar-refractivity contribution is 5.95. The van der Waals surface area contributed by atoms with Gasteiger partial charge in [-0.1, -0.05) is 32.0 Å². The summed E-state index contributed by atoms with van der Waals surface area (Å²) in [7, 11) is 0. The second kappa shape index (κ2) is 9.12. The van der Waals surface area contributed by atoms with E-state index in [4.69, 9.17) is 9.84 Å². The predicted octanol–water partition coefficient (Wildman–Crippen LogP) is 2.15. The normalized spacial score (nSPS) is 13.1. The average Bonchev–Trinajstić information content (AvgIpc) is 3.08. The van der Waals surface area contributed by atoms with Crippen molar-refractivity contribution in [2.24, 2.45) is 5.92 Å². The SMILES string of the molecule is CC(C)[C@H](OC(=O)n1ccc2ccccc21)C(=O)NC(CC(=O)O)C(=O)CF. The number of ketones is 1. The van der Waals surface area contributed by atoms with Gasteiger partial charge in [0.05, 0.1) is 11.9 Å². The number of fused-ring (bicyclic) bond motifs is 1. The first-order chi connectivity index (χ1) is 13.2. The van der Waals surface area contributed by atoms with Crippen LogP contribution in [0.2, 0.25) is 0 Å². The maximum atomic E-state index is 12.7. The smallest absolute Gasteiger partial charge is 0.419 e. The number of carbonyl (C=O) groups is 4. The van der Waals surface area contributed by atoms with Gasteiger partial charge in [0.25, 0.3) is 5.91 Å². The number of carboxylic acid groups (broad SMARTS) is 1. The van der Waals surface area contributed by atoms with Crippen LogP contribution in [0, 0.1) is 5.92 Å². The van der Waals surface area contributed by atoms with E-state index in [0.29, 0.717) is 5.52 Å². The Balaban J connectivity index is 2.17. The van der Waals surface area contributed by atoms with Gasteiger partial charge in [-0.3, -0.25) is 19.0 Å². The van der Waals surface area contributed by atoms with Crippen molar-refractivity contribution in [1.82, 2.24) is 9.88 Å². The van der Waals surface area contributed by atoms with Crippen LogP contribution in [0.15, 0.2) is 36.5 Å². The highest BCUT2D eigenvalue weighted by Gasteiger charge is 2.31. The lowest BCUT2D eigenvalue weighted by atomic mass is 10.0. The Morgan fingerprint density at radius 2 is 1.86 bits per heavy atom. The van der Waals surface area contributed by atoms with Crippen LogP contribution in [0.3, 0.4) is 0 Å². The number of nitrogens with one attached hydrogen (secondary N) is 1. The lowest BCUT2D eigenvalue weighted by Gasteiger charge is -2.23. The molecular weight excluding hydrogens is 371 g/mol. The van der Waals surface area contributed by atoms with Gasteiger partial charge in [0.15, 0.2) is 11.9 Å². The van der Waals surface area contributed by atoms with E-state index in [1.165, 1.54) is 10.8 Å². The topological polar surface area (TPSA) is 115 Å². The third-order valence-corrected chi connectivity index (χ3v) is 4.10. The lowest BCUT2D eigenvalue weighted by molar-refractivity contribution is -0.141. The van der Waals surface area contributed by atoms with Crippen LogP contribution in [0.4, 0.5) is 9.18 Å². The number of benzene rings is 1. The Morgan fingerprint density at radius 3 is 2.46 bits per heavy atom. The highest BCUT2D eigenvalue weighted by Crippen LogP contribution is 2.17. The zero-order chi connectivity index (χ0) is 20.8. The van der Waals surface area contributed by atoms with Crippen molar-refractivity contribution in [3.8, 4) is 0 Å². The van der Waals surface area contributed by atoms with Crippen LogP contribution >= 0.6 is 0 Å². The summed E-state index contributed by atoms with van der Waals surface area (Å²) in [5, 5.41) is 11.8. The lowest BCUT2D eigenvalue weighted by Crippen LogP contribution is -2.49. The van der Waals surface area contributed by atoms with Crippen LogP contribution in [0.5, 0.6) is 0 Å². The Bertz CT molecular complexity index is 891. The quantitative estimate of drug-likeness (QED) is 0.711. The van der Waals surface area contributed by atoms with E-state index in [9.17, 15) is 23.6 Å². The van der Waals surface area contributed by atoms with Gasteiger partial charge in [-0.05, 0) is 18.1 Å². The number of halogens is 1. The standard InChI is InChI=1S/C19H21FN2O6/c1-11(2)17(18(26)21-13(9-16(24)25)15(23)10-20)28-19(27)22-8-7-12-5-3-4-6-14(12)22/h3-8,11,13,17H,9-10H2,1-2H3,(H,21,26)(H,24,25)/t13?,17-/m0/s1. The minimum atomic E-state index is -1.54. The minimum absolute atomic E-state index is 0.475. The number of Topliss-reactive ketones (excluding diaryl/α,β-unsaturated/α-hetero) is 1. The molecule has 28 heavy (non-hydrogen) atoms. The third kappa shape index (κ3) is 4.93. The number of alkyl halides is 1. The van der Waals surface area contributed by atoms with Crippen LogP contribution in [-0.2, 0) is 19.1 Å². The fraction of sp³-hybridized carbons (Fsp3) is 0.368. The van der Waals surface area contributed by atoms with Crippen molar-refractivity contribution in [2.45, 2.75) is 32.4 Å². The number of rotatable bonds is 8. The van der Waals surface area contributed by atoms with Crippen LogP contribution < -0.4 is 5.32 Å². The minimum Gasteiger partial charge on any atom is -0.481 e. The van der Waals surface area contributed by atoms with Gasteiger partial charge in [-0.15, -0.1) is 0 Å². The van der Waals surface area contributed by atoms with Gasteiger partial charge in [0, 0.05) is 11.6 Å². The summed E-state index contributed by atoms with van der Waals surface area (Å²) in [6.07, 6.45) is -1.36. The Kier molecular flexibility index (Phi) is 6.86. The first kappa shape index (κ1) is 21.1. The molecule has 150 valence electrons. The summed E-state index contributed by atoms with van der Waals surface area (Å²) < 4.78 is 19.2. The third-order valence-electron chi connectivity index (χ3n) is 4.10. The molecule has 2 N–H and O–H groups in total. The van der Waals surface area contributed by atoms with E-state index >= 15 is 0 Å². The van der Waals surface area contributed by atoms with E-state index in [2.05, 4.69) is 5.32 Å². The number of nitrogens with zero attached hydrogens (tertiary/aromatic N) is 1. The number of amides is 1. The zero-order valence-corrected chi connectivity index (χ0v) is 15.4. The van der Waals surface area contributed by atoms with Gasteiger partial charge in [-0.25, -0.2) is 9.18 Å². The Morgan fingerprint density at radius 1 is 1.18 bits per heavy atom. The number of hydrogen-bond donors (Lipinski definition) is 2. The monoisotopic (exact) mass is 392 g/mol. The molecule has 0 radical (unpaired) electrons. The molecule has 1 amide bonds. The molecule has 9 heteroatoms. The van der Waals surface area contributed by atoms with E-state index in [1.807, 2.05) is 12.1 Å². The molecule has 0 saturated heterocycles. The first-order valence-electron chi connectivity index (χ1n) is 8.62. The Hall–Kier alpha value is -3.23. The summed E-state index contributed by atoms with van der Waals surface area (Å²) in [5.74, 6) is -3.78. The molecule has 0 bridgehead atoms. The van der Waals surface area contributed by atoms with Gasteiger partial charge >= 0.3 is 12.1 Å². The number of carbonyl (C=O) groups excluding carboxylic acids is 3. The molecule has 2 aromatic rings. The summed E-state index contributed by atoms with van der Waals surface area (Å²) in [6.45, 7) is 1.82. The molecule has 1 aromatic heterocycles. The number of hydrogen-bond acceptors (Lipinski definition) is 5. The van der Waals surface area contributed by atoms with Crippen molar-refractivity contribution < 1.29 is 33.4 Å². The fourth-order valence-corrected chi connectivity index (χ4v) is 2.67. The number of para-hydroxylation sites is 1. The van der Waals surface area contributed by atoms with E-state index < -0.39 is 54.9 Å². The molecular formula is C19H21FN2O6. The van der Waals surface area contributed by atoms with Gasteiger partial charge in [0.2, 0.25) is 0 Å². The predicted molar refractivity (Wildman–Crippen MR) is 97.6 cm³/mol. The van der Waals surface area contributed by atoms with Crippen molar-refractivity contribution in [3.63, 3.8) is 0 Å². The van der Waals surface area contributed by atoms with Gasteiger partial charge < -0.3 is 15.2 Å². The Labute approximate surface area is 160 Å². The zero-order valence-electron chi connectivity index (χ0n) is 15.4. The molecule has 8 nitrogen and oxygen atoms in total. The van der Waals surface area contributed by atoms with Crippen LogP contribution in [0.1, 0.15) is 20.3 Å². The van der Waals surface area contributed by atoms with Gasteiger partial charge in [0.1, 0.15) is 12.7 Å². The van der Waals surface area contributed by atoms with E-state index in [0.717, 1.165) is 5.39 Å². The summed E-state index contributed by atoms with van der Waals surface area (Å²) in [4.78, 5) is 47.5. The van der Waals surface area contributed by atoms with Gasteiger partial charge in [-0.2, -0.15) is 0 Å². The van der Waals surface area contributed by atoms with E-state index in [1.54, 1.807) is 32.0 Å². The summed E-state index contributed by atoms with van der Waals surface area (Å²) in [6, 6.07) is 7.26.